The van der Waals surface area contributed by atoms with Crippen LogP contribution in [0.4, 0.5) is 10.1 Å². The van der Waals surface area contributed by atoms with Crippen molar-refractivity contribution in [2.24, 2.45) is 0 Å². The maximum absolute atomic E-state index is 13.5. The SMILES string of the molecule is Cc1cc(F)cc(N2CCCN3CCCC3C2)c1. The number of fused-ring (bicyclic) bond motifs is 1. The number of hydrogen-bond acceptors (Lipinski definition) is 2. The zero-order valence-electron chi connectivity index (χ0n) is 11.0. The van der Waals surface area contributed by atoms with Crippen LogP contribution in [-0.4, -0.2) is 37.1 Å². The van der Waals surface area contributed by atoms with Gasteiger partial charge in [0.2, 0.25) is 0 Å². The Hall–Kier alpha value is -1.09. The molecule has 2 aliphatic heterocycles. The van der Waals surface area contributed by atoms with Crippen LogP contribution in [0.15, 0.2) is 18.2 Å². The third kappa shape index (κ3) is 2.37. The van der Waals surface area contributed by atoms with Crippen molar-refractivity contribution >= 4 is 5.69 Å². The number of hydrogen-bond donors (Lipinski definition) is 0. The number of anilines is 1. The molecule has 1 unspecified atom stereocenters. The van der Waals surface area contributed by atoms with Crippen molar-refractivity contribution in [3.8, 4) is 0 Å². The first-order valence-corrected chi connectivity index (χ1v) is 6.98. The Balaban J connectivity index is 1.82. The minimum absolute atomic E-state index is 0.113. The minimum atomic E-state index is -0.113. The van der Waals surface area contributed by atoms with Gasteiger partial charge in [0.25, 0.3) is 0 Å². The molecular weight excluding hydrogens is 227 g/mol. The van der Waals surface area contributed by atoms with E-state index in [1.54, 1.807) is 12.1 Å². The van der Waals surface area contributed by atoms with Gasteiger partial charge in [-0.3, -0.25) is 4.90 Å². The van der Waals surface area contributed by atoms with Gasteiger partial charge in [0, 0.05) is 31.4 Å². The van der Waals surface area contributed by atoms with Gasteiger partial charge in [0.1, 0.15) is 5.82 Å². The van der Waals surface area contributed by atoms with Gasteiger partial charge < -0.3 is 4.90 Å². The second-order valence-corrected chi connectivity index (χ2v) is 5.62. The number of halogens is 1. The molecule has 0 spiro atoms. The highest BCUT2D eigenvalue weighted by Crippen LogP contribution is 2.26. The summed E-state index contributed by atoms with van der Waals surface area (Å²) in [6, 6.07) is 6.06. The van der Waals surface area contributed by atoms with Gasteiger partial charge in [-0.1, -0.05) is 0 Å². The lowest BCUT2D eigenvalue weighted by molar-refractivity contribution is 0.273. The van der Waals surface area contributed by atoms with E-state index >= 15 is 0 Å². The molecule has 2 fully saturated rings. The smallest absolute Gasteiger partial charge is 0.125 e. The van der Waals surface area contributed by atoms with Crippen LogP contribution >= 0.6 is 0 Å². The zero-order chi connectivity index (χ0) is 12.5. The Morgan fingerprint density at radius 2 is 1.94 bits per heavy atom. The van der Waals surface area contributed by atoms with E-state index in [9.17, 15) is 4.39 Å². The van der Waals surface area contributed by atoms with E-state index in [0.29, 0.717) is 6.04 Å². The first-order chi connectivity index (χ1) is 8.72. The fraction of sp³-hybridized carbons (Fsp3) is 0.600. The van der Waals surface area contributed by atoms with Crippen LogP contribution in [0, 0.1) is 12.7 Å². The van der Waals surface area contributed by atoms with E-state index < -0.39 is 0 Å². The molecule has 0 saturated carbocycles. The molecule has 0 radical (unpaired) electrons. The first-order valence-electron chi connectivity index (χ1n) is 6.98. The van der Waals surface area contributed by atoms with Crippen molar-refractivity contribution in [2.45, 2.75) is 32.2 Å². The molecule has 0 aromatic heterocycles. The molecular formula is C15H21FN2. The van der Waals surface area contributed by atoms with Crippen LogP contribution in [0.3, 0.4) is 0 Å². The molecule has 2 heterocycles. The van der Waals surface area contributed by atoms with E-state index in [1.165, 1.54) is 32.4 Å². The summed E-state index contributed by atoms with van der Waals surface area (Å²) in [5, 5.41) is 0. The molecule has 0 bridgehead atoms. The molecule has 0 N–H and O–H groups in total. The van der Waals surface area contributed by atoms with E-state index in [2.05, 4.69) is 15.9 Å². The Labute approximate surface area is 108 Å². The monoisotopic (exact) mass is 248 g/mol. The molecule has 0 amide bonds. The largest absolute Gasteiger partial charge is 0.370 e. The van der Waals surface area contributed by atoms with Crippen LogP contribution in [0.25, 0.3) is 0 Å². The Kier molecular flexibility index (Phi) is 3.25. The van der Waals surface area contributed by atoms with Crippen molar-refractivity contribution < 1.29 is 4.39 Å². The second kappa shape index (κ2) is 4.88. The fourth-order valence-electron chi connectivity index (χ4n) is 3.34. The zero-order valence-corrected chi connectivity index (χ0v) is 11.0. The number of benzene rings is 1. The maximum Gasteiger partial charge on any atom is 0.125 e. The number of rotatable bonds is 1. The van der Waals surface area contributed by atoms with Gasteiger partial charge in [0.05, 0.1) is 0 Å². The lowest BCUT2D eigenvalue weighted by atomic mass is 10.1. The number of aryl methyl sites for hydroxylation is 1. The van der Waals surface area contributed by atoms with Gasteiger partial charge in [-0.2, -0.15) is 0 Å². The van der Waals surface area contributed by atoms with Crippen molar-refractivity contribution in [3.05, 3.63) is 29.6 Å². The molecule has 3 rings (SSSR count). The summed E-state index contributed by atoms with van der Waals surface area (Å²) in [4.78, 5) is 4.97. The van der Waals surface area contributed by atoms with Crippen LogP contribution in [0.1, 0.15) is 24.8 Å². The molecule has 1 atom stereocenters. The van der Waals surface area contributed by atoms with E-state index in [-0.39, 0.29) is 5.82 Å². The molecule has 1 aromatic rings. The van der Waals surface area contributed by atoms with Crippen molar-refractivity contribution in [3.63, 3.8) is 0 Å². The Morgan fingerprint density at radius 3 is 2.78 bits per heavy atom. The average molecular weight is 248 g/mol. The molecule has 2 aliphatic rings. The lowest BCUT2D eigenvalue weighted by Gasteiger charge is -2.27. The third-order valence-corrected chi connectivity index (χ3v) is 4.20. The highest BCUT2D eigenvalue weighted by Gasteiger charge is 2.28. The topological polar surface area (TPSA) is 6.48 Å². The summed E-state index contributed by atoms with van der Waals surface area (Å²) in [5.74, 6) is -0.113. The molecule has 3 heteroatoms. The lowest BCUT2D eigenvalue weighted by Crippen LogP contribution is -2.36. The number of nitrogens with zero attached hydrogens (tertiary/aromatic N) is 2. The Bertz CT molecular complexity index is 412. The quantitative estimate of drug-likeness (QED) is 0.754. The summed E-state index contributed by atoms with van der Waals surface area (Å²) in [5.41, 5.74) is 2.07. The van der Waals surface area contributed by atoms with Gasteiger partial charge in [0.15, 0.2) is 0 Å². The first kappa shape index (κ1) is 12.0. The molecule has 0 aliphatic carbocycles. The summed E-state index contributed by atoms with van der Waals surface area (Å²) in [6.45, 7) is 6.53. The standard InChI is InChI=1S/C15H21FN2/c1-12-8-13(16)10-15(9-12)18-7-3-6-17-5-2-4-14(17)11-18/h8-10,14H,2-7,11H2,1H3. The predicted octanol–water partition coefficient (Wildman–Crippen LogP) is 2.81. The summed E-state index contributed by atoms with van der Waals surface area (Å²) >= 11 is 0. The highest BCUT2D eigenvalue weighted by molar-refractivity contribution is 5.49. The second-order valence-electron chi connectivity index (χ2n) is 5.62. The Morgan fingerprint density at radius 1 is 1.11 bits per heavy atom. The molecule has 2 nitrogen and oxygen atoms in total. The fourth-order valence-corrected chi connectivity index (χ4v) is 3.34. The van der Waals surface area contributed by atoms with Gasteiger partial charge in [-0.05, 0) is 56.5 Å². The van der Waals surface area contributed by atoms with Crippen LogP contribution < -0.4 is 4.90 Å². The third-order valence-electron chi connectivity index (χ3n) is 4.20. The van der Waals surface area contributed by atoms with Crippen LogP contribution in [-0.2, 0) is 0 Å². The normalized spacial score (nSPS) is 25.0. The minimum Gasteiger partial charge on any atom is -0.370 e. The van der Waals surface area contributed by atoms with Crippen molar-refractivity contribution in [2.75, 3.05) is 31.1 Å². The predicted molar refractivity (Wildman–Crippen MR) is 72.6 cm³/mol. The molecule has 2 saturated heterocycles. The maximum atomic E-state index is 13.5. The van der Waals surface area contributed by atoms with Crippen LogP contribution in [0.5, 0.6) is 0 Å². The molecule has 1 aromatic carbocycles. The van der Waals surface area contributed by atoms with Crippen molar-refractivity contribution in [1.82, 2.24) is 4.90 Å². The highest BCUT2D eigenvalue weighted by atomic mass is 19.1. The summed E-state index contributed by atoms with van der Waals surface area (Å²) in [7, 11) is 0. The summed E-state index contributed by atoms with van der Waals surface area (Å²) < 4.78 is 13.5. The molecule has 98 valence electrons. The van der Waals surface area contributed by atoms with E-state index in [4.69, 9.17) is 0 Å². The van der Waals surface area contributed by atoms with Gasteiger partial charge in [-0.25, -0.2) is 4.39 Å². The summed E-state index contributed by atoms with van der Waals surface area (Å²) in [6.07, 6.45) is 3.80. The van der Waals surface area contributed by atoms with E-state index in [1.807, 2.05) is 6.92 Å². The van der Waals surface area contributed by atoms with Gasteiger partial charge >= 0.3 is 0 Å². The molecule has 18 heavy (non-hydrogen) atoms. The van der Waals surface area contributed by atoms with Crippen LogP contribution in [0.2, 0.25) is 0 Å². The van der Waals surface area contributed by atoms with Crippen molar-refractivity contribution in [1.29, 1.82) is 0 Å². The van der Waals surface area contributed by atoms with E-state index in [0.717, 1.165) is 24.3 Å². The average Bonchev–Trinajstić information content (AvgIpc) is 2.65. The van der Waals surface area contributed by atoms with Gasteiger partial charge in [-0.15, -0.1) is 0 Å².